The number of aryl methyl sites for hydroxylation is 2. The summed E-state index contributed by atoms with van der Waals surface area (Å²) in [5.41, 5.74) is 1.50. The third kappa shape index (κ3) is 3.72. The Morgan fingerprint density at radius 1 is 1.40 bits per heavy atom. The molecule has 1 atom stereocenters. The van der Waals surface area contributed by atoms with Crippen LogP contribution in [0.2, 0.25) is 0 Å². The third-order valence-electron chi connectivity index (χ3n) is 3.04. The number of rotatable bonds is 6. The first-order valence-electron chi connectivity index (χ1n) is 6.39. The third-order valence-corrected chi connectivity index (χ3v) is 3.04. The van der Waals surface area contributed by atoms with Crippen LogP contribution in [0.5, 0.6) is 5.75 Å². The Morgan fingerprint density at radius 2 is 2.00 bits per heavy atom. The summed E-state index contributed by atoms with van der Waals surface area (Å²) >= 11 is 0. The zero-order valence-corrected chi connectivity index (χ0v) is 12.4. The normalized spacial score (nSPS) is 12.3. The number of nitrogens with zero attached hydrogens (tertiary/aromatic N) is 2. The van der Waals surface area contributed by atoms with E-state index in [-0.39, 0.29) is 12.5 Å². The number of hydrogen-bond acceptors (Lipinski definition) is 4. The minimum atomic E-state index is -1.05. The number of carbonyl (C=O) groups excluding carboxylic acids is 1. The topological polar surface area (TPSA) is 93.5 Å². The first-order valence-corrected chi connectivity index (χ1v) is 6.39. The van der Waals surface area contributed by atoms with E-state index in [4.69, 9.17) is 9.84 Å². The van der Waals surface area contributed by atoms with Crippen molar-refractivity contribution in [2.75, 3.05) is 6.61 Å². The van der Waals surface area contributed by atoms with Crippen LogP contribution in [-0.2, 0) is 16.6 Å². The lowest BCUT2D eigenvalue weighted by Gasteiger charge is -2.18. The standard InChI is InChI=1S/C13H21N3O4/c1-7(2)11(13(18)19)14-10(17)6-20-12-8(3)15-16(5)9(12)4/h7,11H,6H2,1-5H3,(H,14,17)(H,18,19)/t11-/m0/s1. The Balaban J connectivity index is 2.61. The summed E-state index contributed by atoms with van der Waals surface area (Å²) in [5.74, 6) is -1.16. The number of ether oxygens (including phenoxy) is 1. The van der Waals surface area contributed by atoms with E-state index in [0.29, 0.717) is 11.4 Å². The average molecular weight is 283 g/mol. The molecule has 1 rings (SSSR count). The number of aliphatic carboxylic acids is 1. The number of carboxylic acid groups (broad SMARTS) is 1. The van der Waals surface area contributed by atoms with Gasteiger partial charge in [-0.25, -0.2) is 4.79 Å². The van der Waals surface area contributed by atoms with Gasteiger partial charge in [-0.3, -0.25) is 9.48 Å². The van der Waals surface area contributed by atoms with Crippen molar-refractivity contribution in [3.63, 3.8) is 0 Å². The zero-order chi connectivity index (χ0) is 15.4. The van der Waals surface area contributed by atoms with Crippen molar-refractivity contribution in [1.82, 2.24) is 15.1 Å². The van der Waals surface area contributed by atoms with Gasteiger partial charge in [-0.1, -0.05) is 13.8 Å². The van der Waals surface area contributed by atoms with Crippen LogP contribution in [0.3, 0.4) is 0 Å². The molecular formula is C13H21N3O4. The number of hydrogen-bond donors (Lipinski definition) is 2. The molecule has 0 aliphatic carbocycles. The molecule has 0 aliphatic rings. The van der Waals surface area contributed by atoms with Crippen LogP contribution < -0.4 is 10.1 Å². The summed E-state index contributed by atoms with van der Waals surface area (Å²) in [5, 5.41) is 15.6. The van der Waals surface area contributed by atoms with Gasteiger partial charge < -0.3 is 15.2 Å². The Kier molecular flexibility index (Phi) is 5.12. The molecule has 20 heavy (non-hydrogen) atoms. The fourth-order valence-corrected chi connectivity index (χ4v) is 1.83. The molecule has 0 aliphatic heterocycles. The van der Waals surface area contributed by atoms with E-state index in [0.717, 1.165) is 5.69 Å². The molecule has 0 bridgehead atoms. The number of amides is 1. The Bertz CT molecular complexity index is 508. The molecule has 0 fully saturated rings. The van der Waals surface area contributed by atoms with Gasteiger partial charge in [0.2, 0.25) is 0 Å². The molecule has 1 amide bonds. The van der Waals surface area contributed by atoms with Crippen LogP contribution in [0, 0.1) is 19.8 Å². The monoisotopic (exact) mass is 283 g/mol. The molecule has 1 heterocycles. The van der Waals surface area contributed by atoms with E-state index in [1.165, 1.54) is 0 Å². The van der Waals surface area contributed by atoms with E-state index < -0.39 is 17.9 Å². The SMILES string of the molecule is Cc1nn(C)c(C)c1OCC(=O)N[C@H](C(=O)O)C(C)C. The molecular weight excluding hydrogens is 262 g/mol. The molecule has 7 heteroatoms. The van der Waals surface area contributed by atoms with Gasteiger partial charge >= 0.3 is 5.97 Å². The summed E-state index contributed by atoms with van der Waals surface area (Å²) in [6.45, 7) is 6.85. The molecule has 0 spiro atoms. The molecule has 0 radical (unpaired) electrons. The maximum Gasteiger partial charge on any atom is 0.326 e. The lowest BCUT2D eigenvalue weighted by atomic mass is 10.1. The van der Waals surface area contributed by atoms with Crippen molar-refractivity contribution in [3.05, 3.63) is 11.4 Å². The van der Waals surface area contributed by atoms with Crippen LogP contribution in [0.25, 0.3) is 0 Å². The van der Waals surface area contributed by atoms with Crippen molar-refractivity contribution in [3.8, 4) is 5.75 Å². The number of carboxylic acids is 1. The fourth-order valence-electron chi connectivity index (χ4n) is 1.83. The van der Waals surface area contributed by atoms with E-state index >= 15 is 0 Å². The Morgan fingerprint density at radius 3 is 2.40 bits per heavy atom. The Hall–Kier alpha value is -2.05. The molecule has 0 saturated carbocycles. The van der Waals surface area contributed by atoms with Crippen molar-refractivity contribution in [2.24, 2.45) is 13.0 Å². The lowest BCUT2D eigenvalue weighted by molar-refractivity contribution is -0.143. The predicted molar refractivity (Wildman–Crippen MR) is 72.6 cm³/mol. The summed E-state index contributed by atoms with van der Waals surface area (Å²) in [6, 6.07) is -0.915. The average Bonchev–Trinajstić information content (AvgIpc) is 2.57. The highest BCUT2D eigenvalue weighted by atomic mass is 16.5. The quantitative estimate of drug-likeness (QED) is 0.799. The molecule has 2 N–H and O–H groups in total. The highest BCUT2D eigenvalue weighted by molar-refractivity contribution is 5.84. The van der Waals surface area contributed by atoms with Crippen LogP contribution in [0.1, 0.15) is 25.2 Å². The van der Waals surface area contributed by atoms with Crippen molar-refractivity contribution in [2.45, 2.75) is 33.7 Å². The van der Waals surface area contributed by atoms with Crippen LogP contribution in [-0.4, -0.2) is 39.4 Å². The van der Waals surface area contributed by atoms with Gasteiger partial charge in [0.25, 0.3) is 5.91 Å². The predicted octanol–water partition coefficient (Wildman–Crippen LogP) is 0.641. The maximum absolute atomic E-state index is 11.7. The fraction of sp³-hybridized carbons (Fsp3) is 0.615. The van der Waals surface area contributed by atoms with Gasteiger partial charge in [0.1, 0.15) is 11.7 Å². The van der Waals surface area contributed by atoms with E-state index in [1.54, 1.807) is 32.5 Å². The van der Waals surface area contributed by atoms with Crippen LogP contribution in [0.4, 0.5) is 0 Å². The summed E-state index contributed by atoms with van der Waals surface area (Å²) in [4.78, 5) is 22.7. The number of nitrogens with one attached hydrogen (secondary N) is 1. The first kappa shape index (κ1) is 16.0. The largest absolute Gasteiger partial charge is 0.480 e. The minimum Gasteiger partial charge on any atom is -0.480 e. The van der Waals surface area contributed by atoms with Crippen molar-refractivity contribution < 1.29 is 19.4 Å². The molecule has 112 valence electrons. The van der Waals surface area contributed by atoms with Crippen LogP contribution >= 0.6 is 0 Å². The van der Waals surface area contributed by atoms with Gasteiger partial charge in [-0.2, -0.15) is 5.10 Å². The smallest absolute Gasteiger partial charge is 0.326 e. The van der Waals surface area contributed by atoms with Gasteiger partial charge in [0.15, 0.2) is 12.4 Å². The molecule has 0 unspecified atom stereocenters. The minimum absolute atomic E-state index is 0.196. The van der Waals surface area contributed by atoms with E-state index in [1.807, 2.05) is 6.92 Å². The summed E-state index contributed by atoms with van der Waals surface area (Å²) in [7, 11) is 1.79. The molecule has 7 nitrogen and oxygen atoms in total. The first-order chi connectivity index (χ1) is 9.23. The van der Waals surface area contributed by atoms with E-state index in [2.05, 4.69) is 10.4 Å². The van der Waals surface area contributed by atoms with Crippen LogP contribution in [0.15, 0.2) is 0 Å². The molecule has 1 aromatic heterocycles. The summed E-state index contributed by atoms with van der Waals surface area (Å²) < 4.78 is 7.09. The second kappa shape index (κ2) is 6.40. The molecule has 0 saturated heterocycles. The highest BCUT2D eigenvalue weighted by Crippen LogP contribution is 2.21. The van der Waals surface area contributed by atoms with Crippen molar-refractivity contribution >= 4 is 11.9 Å². The van der Waals surface area contributed by atoms with Gasteiger partial charge in [0.05, 0.1) is 5.69 Å². The van der Waals surface area contributed by atoms with Crippen molar-refractivity contribution in [1.29, 1.82) is 0 Å². The molecule has 0 aromatic carbocycles. The Labute approximate surface area is 117 Å². The van der Waals surface area contributed by atoms with E-state index in [9.17, 15) is 9.59 Å². The summed E-state index contributed by atoms with van der Waals surface area (Å²) in [6.07, 6.45) is 0. The van der Waals surface area contributed by atoms with Gasteiger partial charge in [-0.05, 0) is 19.8 Å². The zero-order valence-electron chi connectivity index (χ0n) is 12.4. The maximum atomic E-state index is 11.7. The second-order valence-electron chi connectivity index (χ2n) is 5.04. The number of carbonyl (C=O) groups is 2. The molecule has 1 aromatic rings. The highest BCUT2D eigenvalue weighted by Gasteiger charge is 2.23. The van der Waals surface area contributed by atoms with Gasteiger partial charge in [-0.15, -0.1) is 0 Å². The van der Waals surface area contributed by atoms with Gasteiger partial charge in [0, 0.05) is 7.05 Å². The number of aromatic nitrogens is 2. The lowest BCUT2D eigenvalue weighted by Crippen LogP contribution is -2.46. The second-order valence-corrected chi connectivity index (χ2v) is 5.04.